The Morgan fingerprint density at radius 3 is 2.46 bits per heavy atom. The van der Waals surface area contributed by atoms with Crippen molar-refractivity contribution in [1.82, 2.24) is 9.80 Å². The number of anilines is 1. The summed E-state index contributed by atoms with van der Waals surface area (Å²) in [7, 11) is 1.64. The fourth-order valence-corrected chi connectivity index (χ4v) is 3.15. The lowest BCUT2D eigenvalue weighted by Crippen LogP contribution is -2.44. The summed E-state index contributed by atoms with van der Waals surface area (Å²) < 4.78 is 10.6. The molecule has 7 heteroatoms. The number of nitrogens with zero attached hydrogens (tertiary/aromatic N) is 2. The number of nitrogens with one attached hydrogen (secondary N) is 1. The predicted molar refractivity (Wildman–Crippen MR) is 111 cm³/mol. The van der Waals surface area contributed by atoms with Crippen molar-refractivity contribution < 1.29 is 14.3 Å². The molecule has 1 aliphatic rings. The number of hydrogen-bond donors (Lipinski definition) is 1. The lowest BCUT2D eigenvalue weighted by atomic mass is 10.2. The van der Waals surface area contributed by atoms with E-state index in [1.807, 2.05) is 29.2 Å². The second kappa shape index (κ2) is 10.3. The monoisotopic (exact) mass is 403 g/mol. The van der Waals surface area contributed by atoms with Gasteiger partial charge in [0.05, 0.1) is 20.3 Å². The van der Waals surface area contributed by atoms with E-state index in [2.05, 4.69) is 10.2 Å². The Morgan fingerprint density at radius 2 is 1.82 bits per heavy atom. The van der Waals surface area contributed by atoms with Crippen LogP contribution in [0.5, 0.6) is 5.75 Å². The molecule has 0 radical (unpaired) electrons. The average Bonchev–Trinajstić information content (AvgIpc) is 2.74. The SMILES string of the molecule is COc1ccc(CN(CCN2CCOCC2)C(=O)Nc2ccc(Cl)cc2)cc1. The minimum absolute atomic E-state index is 0.133. The quantitative estimate of drug-likeness (QED) is 0.765. The molecule has 1 N–H and O–H groups in total. The average molecular weight is 404 g/mol. The maximum Gasteiger partial charge on any atom is 0.322 e. The summed E-state index contributed by atoms with van der Waals surface area (Å²) in [6.45, 7) is 5.25. The molecule has 2 aromatic rings. The van der Waals surface area contributed by atoms with Crippen LogP contribution in [0.3, 0.4) is 0 Å². The maximum absolute atomic E-state index is 12.9. The minimum atomic E-state index is -0.133. The Kier molecular flexibility index (Phi) is 7.54. The minimum Gasteiger partial charge on any atom is -0.497 e. The largest absolute Gasteiger partial charge is 0.497 e. The Morgan fingerprint density at radius 1 is 1.14 bits per heavy atom. The van der Waals surface area contributed by atoms with Crippen molar-refractivity contribution in [2.24, 2.45) is 0 Å². The molecule has 1 fully saturated rings. The smallest absolute Gasteiger partial charge is 0.322 e. The highest BCUT2D eigenvalue weighted by atomic mass is 35.5. The van der Waals surface area contributed by atoms with Crippen molar-refractivity contribution in [1.29, 1.82) is 0 Å². The summed E-state index contributed by atoms with van der Waals surface area (Å²) in [6.07, 6.45) is 0. The van der Waals surface area contributed by atoms with Crippen LogP contribution in [0.25, 0.3) is 0 Å². The number of urea groups is 1. The molecule has 1 saturated heterocycles. The summed E-state index contributed by atoms with van der Waals surface area (Å²) in [5.74, 6) is 0.800. The first-order valence-electron chi connectivity index (χ1n) is 9.38. The third kappa shape index (κ3) is 6.12. The molecular formula is C21H26ClN3O3. The van der Waals surface area contributed by atoms with Gasteiger partial charge in [0.2, 0.25) is 0 Å². The van der Waals surface area contributed by atoms with E-state index >= 15 is 0 Å². The zero-order valence-electron chi connectivity index (χ0n) is 16.1. The van der Waals surface area contributed by atoms with Crippen LogP contribution in [0.4, 0.5) is 10.5 Å². The molecule has 28 heavy (non-hydrogen) atoms. The Hall–Kier alpha value is -2.28. The van der Waals surface area contributed by atoms with Gasteiger partial charge in [0.15, 0.2) is 0 Å². The van der Waals surface area contributed by atoms with Gasteiger partial charge in [0.1, 0.15) is 5.75 Å². The zero-order valence-corrected chi connectivity index (χ0v) is 16.8. The molecule has 1 aliphatic heterocycles. The topological polar surface area (TPSA) is 54.0 Å². The second-order valence-corrected chi connectivity index (χ2v) is 7.10. The van der Waals surface area contributed by atoms with E-state index in [0.717, 1.165) is 49.8 Å². The summed E-state index contributed by atoms with van der Waals surface area (Å²) in [5, 5.41) is 3.60. The number of amides is 2. The number of carbonyl (C=O) groups is 1. The van der Waals surface area contributed by atoms with E-state index in [1.54, 1.807) is 31.4 Å². The predicted octanol–water partition coefficient (Wildman–Crippen LogP) is 3.71. The highest BCUT2D eigenvalue weighted by Crippen LogP contribution is 2.16. The van der Waals surface area contributed by atoms with Gasteiger partial charge in [-0.3, -0.25) is 4.90 Å². The number of halogens is 1. The molecular weight excluding hydrogens is 378 g/mol. The molecule has 3 rings (SSSR count). The van der Waals surface area contributed by atoms with E-state index in [0.29, 0.717) is 18.1 Å². The summed E-state index contributed by atoms with van der Waals surface area (Å²) in [6, 6.07) is 14.8. The number of hydrogen-bond acceptors (Lipinski definition) is 4. The van der Waals surface area contributed by atoms with Crippen molar-refractivity contribution in [2.45, 2.75) is 6.54 Å². The molecule has 1 heterocycles. The molecule has 0 atom stereocenters. The summed E-state index contributed by atoms with van der Waals surface area (Å²) in [4.78, 5) is 17.1. The van der Waals surface area contributed by atoms with E-state index in [4.69, 9.17) is 21.1 Å². The fourth-order valence-electron chi connectivity index (χ4n) is 3.03. The van der Waals surface area contributed by atoms with Gasteiger partial charge >= 0.3 is 6.03 Å². The molecule has 6 nitrogen and oxygen atoms in total. The van der Waals surface area contributed by atoms with Crippen molar-refractivity contribution in [3.63, 3.8) is 0 Å². The standard InChI is InChI=1S/C21H26ClN3O3/c1-27-20-8-2-17(3-9-20)16-25(11-10-24-12-14-28-15-13-24)21(26)23-19-6-4-18(22)5-7-19/h2-9H,10-16H2,1H3,(H,23,26). The molecule has 0 unspecified atom stereocenters. The van der Waals surface area contributed by atoms with E-state index in [-0.39, 0.29) is 6.03 Å². The van der Waals surface area contributed by atoms with Crippen LogP contribution in [0.15, 0.2) is 48.5 Å². The summed E-state index contributed by atoms with van der Waals surface area (Å²) >= 11 is 5.93. The molecule has 0 aromatic heterocycles. The van der Waals surface area contributed by atoms with Gasteiger partial charge in [0.25, 0.3) is 0 Å². The Balaban J connectivity index is 1.66. The Bertz CT molecular complexity index is 746. The number of benzene rings is 2. The van der Waals surface area contributed by atoms with Crippen LogP contribution < -0.4 is 10.1 Å². The lowest BCUT2D eigenvalue weighted by Gasteiger charge is -2.30. The molecule has 2 aromatic carbocycles. The van der Waals surface area contributed by atoms with Crippen LogP contribution in [-0.4, -0.2) is 62.3 Å². The second-order valence-electron chi connectivity index (χ2n) is 6.66. The third-order valence-corrected chi connectivity index (χ3v) is 4.96. The van der Waals surface area contributed by atoms with Crippen molar-refractivity contribution >= 4 is 23.3 Å². The number of morpholine rings is 1. The first kappa shape index (κ1) is 20.5. The number of ether oxygens (including phenoxy) is 2. The summed E-state index contributed by atoms with van der Waals surface area (Å²) in [5.41, 5.74) is 1.77. The zero-order chi connectivity index (χ0) is 19.8. The highest BCUT2D eigenvalue weighted by Gasteiger charge is 2.17. The van der Waals surface area contributed by atoms with Gasteiger partial charge in [-0.2, -0.15) is 0 Å². The van der Waals surface area contributed by atoms with Gasteiger partial charge in [-0.1, -0.05) is 23.7 Å². The van der Waals surface area contributed by atoms with Crippen LogP contribution in [0.1, 0.15) is 5.56 Å². The number of methoxy groups -OCH3 is 1. The van der Waals surface area contributed by atoms with Crippen LogP contribution >= 0.6 is 11.6 Å². The maximum atomic E-state index is 12.9. The van der Waals surface area contributed by atoms with Crippen molar-refractivity contribution in [2.75, 3.05) is 51.8 Å². The molecule has 0 spiro atoms. The van der Waals surface area contributed by atoms with Gasteiger partial charge < -0.3 is 19.7 Å². The van der Waals surface area contributed by atoms with Gasteiger partial charge in [-0.25, -0.2) is 4.79 Å². The molecule has 0 saturated carbocycles. The van der Waals surface area contributed by atoms with Crippen molar-refractivity contribution in [3.8, 4) is 5.75 Å². The molecule has 150 valence electrons. The van der Waals surface area contributed by atoms with Crippen LogP contribution in [0, 0.1) is 0 Å². The van der Waals surface area contributed by atoms with Gasteiger partial charge in [-0.15, -0.1) is 0 Å². The first-order chi connectivity index (χ1) is 13.6. The van der Waals surface area contributed by atoms with Crippen molar-refractivity contribution in [3.05, 3.63) is 59.1 Å². The van der Waals surface area contributed by atoms with E-state index in [9.17, 15) is 4.79 Å². The molecule has 0 bridgehead atoms. The fraction of sp³-hybridized carbons (Fsp3) is 0.381. The molecule has 2 amide bonds. The number of rotatable bonds is 7. The van der Waals surface area contributed by atoms with Crippen LogP contribution in [-0.2, 0) is 11.3 Å². The van der Waals surface area contributed by atoms with E-state index in [1.165, 1.54) is 0 Å². The first-order valence-corrected chi connectivity index (χ1v) is 9.76. The van der Waals surface area contributed by atoms with E-state index < -0.39 is 0 Å². The normalized spacial score (nSPS) is 14.5. The third-order valence-electron chi connectivity index (χ3n) is 4.71. The molecule has 0 aliphatic carbocycles. The highest BCUT2D eigenvalue weighted by molar-refractivity contribution is 6.30. The van der Waals surface area contributed by atoms with Gasteiger partial charge in [0, 0.05) is 43.4 Å². The lowest BCUT2D eigenvalue weighted by molar-refractivity contribution is 0.0349. The Labute approximate surface area is 171 Å². The number of carbonyl (C=O) groups excluding carboxylic acids is 1. The van der Waals surface area contributed by atoms with Crippen LogP contribution in [0.2, 0.25) is 5.02 Å². The van der Waals surface area contributed by atoms with Gasteiger partial charge in [-0.05, 0) is 42.0 Å².